The quantitative estimate of drug-likeness (QED) is 0.667. The Morgan fingerprint density at radius 3 is 2.07 bits per heavy atom. The van der Waals surface area contributed by atoms with E-state index in [1.54, 1.807) is 52.7 Å². The molecule has 7 heteroatoms. The predicted octanol–water partition coefficient (Wildman–Crippen LogP) is 3.06. The molecule has 0 atom stereocenters. The van der Waals surface area contributed by atoms with E-state index in [0.29, 0.717) is 28.7 Å². The lowest BCUT2D eigenvalue weighted by Crippen LogP contribution is -2.20. The Balaban J connectivity index is 2.07. The van der Waals surface area contributed by atoms with Gasteiger partial charge in [0.25, 0.3) is 0 Å². The summed E-state index contributed by atoms with van der Waals surface area (Å²) < 4.78 is 26.5. The van der Waals surface area contributed by atoms with Gasteiger partial charge in [0.05, 0.1) is 35.5 Å². The first-order valence-electron chi connectivity index (χ1n) is 8.53. The zero-order chi connectivity index (χ0) is 20.5. The molecule has 2 aromatic carbocycles. The Labute approximate surface area is 164 Å². The summed E-state index contributed by atoms with van der Waals surface area (Å²) >= 11 is 0. The average Bonchev–Trinajstić information content (AvgIpc) is 2.74. The van der Waals surface area contributed by atoms with Gasteiger partial charge in [-0.3, -0.25) is 4.79 Å². The first-order valence-corrected chi connectivity index (χ1v) is 8.53. The molecule has 1 amide bonds. The van der Waals surface area contributed by atoms with E-state index in [4.69, 9.17) is 23.7 Å². The summed E-state index contributed by atoms with van der Waals surface area (Å²) in [5, 5.41) is 2.83. The first kappa shape index (κ1) is 21.0. The van der Waals surface area contributed by atoms with Crippen molar-refractivity contribution in [3.8, 4) is 28.7 Å². The zero-order valence-electron chi connectivity index (χ0n) is 16.7. The minimum atomic E-state index is -0.244. The third-order valence-electron chi connectivity index (χ3n) is 4.07. The van der Waals surface area contributed by atoms with Crippen molar-refractivity contribution in [3.05, 3.63) is 47.5 Å². The highest BCUT2D eigenvalue weighted by Gasteiger charge is 2.15. The Kier molecular flexibility index (Phi) is 7.56. The van der Waals surface area contributed by atoms with Gasteiger partial charge >= 0.3 is 0 Å². The molecule has 0 bridgehead atoms. The van der Waals surface area contributed by atoms with Crippen molar-refractivity contribution in [1.82, 2.24) is 5.32 Å². The maximum atomic E-state index is 12.2. The lowest BCUT2D eigenvalue weighted by molar-refractivity contribution is -0.116. The van der Waals surface area contributed by atoms with Crippen LogP contribution in [0.2, 0.25) is 0 Å². The van der Waals surface area contributed by atoms with Crippen LogP contribution in [0.1, 0.15) is 11.1 Å². The minimum absolute atomic E-state index is 0.244. The monoisotopic (exact) mass is 387 g/mol. The Morgan fingerprint density at radius 2 is 1.46 bits per heavy atom. The van der Waals surface area contributed by atoms with Crippen molar-refractivity contribution in [2.75, 3.05) is 35.5 Å². The summed E-state index contributed by atoms with van der Waals surface area (Å²) in [5.41, 5.74) is 1.59. The van der Waals surface area contributed by atoms with Crippen molar-refractivity contribution in [3.63, 3.8) is 0 Å². The van der Waals surface area contributed by atoms with Gasteiger partial charge in [0.2, 0.25) is 11.7 Å². The normalized spacial score (nSPS) is 10.5. The van der Waals surface area contributed by atoms with Crippen LogP contribution in [-0.2, 0) is 11.3 Å². The van der Waals surface area contributed by atoms with Crippen LogP contribution in [0.4, 0.5) is 0 Å². The second-order valence-corrected chi connectivity index (χ2v) is 5.66. The van der Waals surface area contributed by atoms with E-state index < -0.39 is 0 Å². The van der Waals surface area contributed by atoms with E-state index >= 15 is 0 Å². The zero-order valence-corrected chi connectivity index (χ0v) is 16.7. The molecule has 0 heterocycles. The van der Waals surface area contributed by atoms with Gasteiger partial charge in [0.15, 0.2) is 23.0 Å². The minimum Gasteiger partial charge on any atom is -0.493 e. The molecule has 150 valence electrons. The van der Waals surface area contributed by atoms with Crippen LogP contribution in [0.5, 0.6) is 28.7 Å². The Hall–Kier alpha value is -3.35. The fourth-order valence-corrected chi connectivity index (χ4v) is 2.67. The van der Waals surface area contributed by atoms with E-state index in [1.165, 1.54) is 13.2 Å². The number of amides is 1. The topological polar surface area (TPSA) is 75.3 Å². The molecular weight excluding hydrogens is 362 g/mol. The van der Waals surface area contributed by atoms with Crippen LogP contribution in [0, 0.1) is 0 Å². The van der Waals surface area contributed by atoms with Crippen LogP contribution in [-0.4, -0.2) is 41.5 Å². The molecule has 2 aromatic rings. The number of carbonyl (C=O) groups is 1. The summed E-state index contributed by atoms with van der Waals surface area (Å²) in [4.78, 5) is 12.2. The lowest BCUT2D eigenvalue weighted by atomic mass is 10.1. The molecule has 0 fully saturated rings. The van der Waals surface area contributed by atoms with Crippen molar-refractivity contribution >= 4 is 12.0 Å². The van der Waals surface area contributed by atoms with Gasteiger partial charge in [-0.1, -0.05) is 6.07 Å². The van der Waals surface area contributed by atoms with Crippen LogP contribution < -0.4 is 29.0 Å². The summed E-state index contributed by atoms with van der Waals surface area (Å²) in [7, 11) is 7.77. The van der Waals surface area contributed by atoms with Gasteiger partial charge < -0.3 is 29.0 Å². The molecule has 0 saturated carbocycles. The fraction of sp³-hybridized carbons (Fsp3) is 0.286. The fourth-order valence-electron chi connectivity index (χ4n) is 2.67. The molecule has 2 rings (SSSR count). The maximum Gasteiger partial charge on any atom is 0.244 e. The van der Waals surface area contributed by atoms with Crippen LogP contribution in [0.3, 0.4) is 0 Å². The molecule has 0 aromatic heterocycles. The predicted molar refractivity (Wildman–Crippen MR) is 107 cm³/mol. The van der Waals surface area contributed by atoms with Gasteiger partial charge in [-0.25, -0.2) is 0 Å². The van der Waals surface area contributed by atoms with Crippen LogP contribution >= 0.6 is 0 Å². The number of nitrogens with one attached hydrogen (secondary N) is 1. The molecule has 0 aliphatic heterocycles. The molecule has 0 aliphatic rings. The Morgan fingerprint density at radius 1 is 0.821 bits per heavy atom. The number of ether oxygens (including phenoxy) is 5. The smallest absolute Gasteiger partial charge is 0.244 e. The second-order valence-electron chi connectivity index (χ2n) is 5.66. The van der Waals surface area contributed by atoms with Crippen molar-refractivity contribution in [1.29, 1.82) is 0 Å². The summed E-state index contributed by atoms with van der Waals surface area (Å²) in [6, 6.07) is 8.99. The summed E-state index contributed by atoms with van der Waals surface area (Å²) in [6.07, 6.45) is 3.15. The average molecular weight is 387 g/mol. The van der Waals surface area contributed by atoms with Crippen LogP contribution in [0.15, 0.2) is 36.4 Å². The molecule has 0 unspecified atom stereocenters. The molecule has 7 nitrogen and oxygen atoms in total. The largest absolute Gasteiger partial charge is 0.493 e. The van der Waals surface area contributed by atoms with E-state index in [0.717, 1.165) is 11.1 Å². The molecular formula is C21H25NO6. The summed E-state index contributed by atoms with van der Waals surface area (Å²) in [6.45, 7) is 0.276. The maximum absolute atomic E-state index is 12.2. The van der Waals surface area contributed by atoms with E-state index in [9.17, 15) is 4.79 Å². The number of carbonyl (C=O) groups excluding carboxylic acids is 1. The van der Waals surface area contributed by atoms with E-state index in [-0.39, 0.29) is 12.5 Å². The highest BCUT2D eigenvalue weighted by Crippen LogP contribution is 2.39. The van der Waals surface area contributed by atoms with Gasteiger partial charge in [-0.15, -0.1) is 0 Å². The van der Waals surface area contributed by atoms with Gasteiger partial charge in [-0.2, -0.15) is 0 Å². The van der Waals surface area contributed by atoms with Crippen molar-refractivity contribution in [2.24, 2.45) is 0 Å². The number of methoxy groups -OCH3 is 5. The molecule has 28 heavy (non-hydrogen) atoms. The van der Waals surface area contributed by atoms with E-state index in [1.807, 2.05) is 12.1 Å². The number of benzene rings is 2. The molecule has 0 spiro atoms. The standard InChI is InChI=1S/C21H25NO6/c1-24-16-9-6-14(12-18(16)26-3)7-11-19(23)22-13-15-8-10-17(25-2)21(28-5)20(15)27-4/h6-12H,13H2,1-5H3,(H,22,23)/b11-7+. The lowest BCUT2D eigenvalue weighted by Gasteiger charge is -2.15. The van der Waals surface area contributed by atoms with Crippen molar-refractivity contribution < 1.29 is 28.5 Å². The summed E-state index contributed by atoms with van der Waals surface area (Å²) in [5.74, 6) is 2.54. The van der Waals surface area contributed by atoms with Crippen LogP contribution in [0.25, 0.3) is 6.08 Å². The third-order valence-corrected chi connectivity index (χ3v) is 4.07. The van der Waals surface area contributed by atoms with Gasteiger partial charge in [0.1, 0.15) is 0 Å². The highest BCUT2D eigenvalue weighted by molar-refractivity contribution is 5.91. The molecule has 1 N–H and O–H groups in total. The van der Waals surface area contributed by atoms with E-state index in [2.05, 4.69) is 5.32 Å². The van der Waals surface area contributed by atoms with Gasteiger partial charge in [0, 0.05) is 18.2 Å². The number of hydrogen-bond acceptors (Lipinski definition) is 6. The molecule has 0 saturated heterocycles. The third kappa shape index (κ3) is 4.88. The SMILES string of the molecule is COc1ccc(/C=C/C(=O)NCc2ccc(OC)c(OC)c2OC)cc1OC. The highest BCUT2D eigenvalue weighted by atomic mass is 16.5. The molecule has 0 aliphatic carbocycles. The number of hydrogen-bond donors (Lipinski definition) is 1. The van der Waals surface area contributed by atoms with Crippen molar-refractivity contribution in [2.45, 2.75) is 6.54 Å². The number of rotatable bonds is 9. The van der Waals surface area contributed by atoms with Gasteiger partial charge in [-0.05, 0) is 35.9 Å². The first-order chi connectivity index (χ1) is 13.6. The second kappa shape index (κ2) is 10.1. The Bertz CT molecular complexity index is 847. The molecule has 0 radical (unpaired) electrons.